The fraction of sp³-hybridized carbons (Fsp3) is 0.273. The van der Waals surface area contributed by atoms with Crippen LogP contribution in [0, 0.1) is 11.8 Å². The lowest BCUT2D eigenvalue weighted by atomic mass is 10.2. The largest absolute Gasteiger partial charge is 0.341 e. The van der Waals surface area contributed by atoms with Gasteiger partial charge in [-0.05, 0) is 61.4 Å². The van der Waals surface area contributed by atoms with Crippen molar-refractivity contribution >= 4 is 27.5 Å². The molecule has 0 unspecified atom stereocenters. The Kier molecular flexibility index (Phi) is 6.87. The van der Waals surface area contributed by atoms with E-state index in [0.29, 0.717) is 24.3 Å². The van der Waals surface area contributed by atoms with E-state index in [4.69, 9.17) is 0 Å². The van der Waals surface area contributed by atoms with E-state index in [2.05, 4.69) is 22.5 Å². The van der Waals surface area contributed by atoms with Crippen molar-refractivity contribution < 1.29 is 18.0 Å². The zero-order chi connectivity index (χ0) is 21.6. The summed E-state index contributed by atoms with van der Waals surface area (Å²) in [6.45, 7) is 2.68. The van der Waals surface area contributed by atoms with E-state index in [9.17, 15) is 18.0 Å². The van der Waals surface area contributed by atoms with Crippen LogP contribution in [0.5, 0.6) is 0 Å². The summed E-state index contributed by atoms with van der Waals surface area (Å²) in [4.78, 5) is 23.4. The number of hydrogen-bond donors (Lipinski definition) is 2. The summed E-state index contributed by atoms with van der Waals surface area (Å²) < 4.78 is 26.5. The molecule has 1 aliphatic heterocycles. The minimum atomic E-state index is -3.49. The first-order valence-corrected chi connectivity index (χ1v) is 11.1. The van der Waals surface area contributed by atoms with Crippen LogP contribution in [0.2, 0.25) is 0 Å². The lowest BCUT2D eigenvalue weighted by Crippen LogP contribution is -2.28. The Morgan fingerprint density at radius 2 is 1.63 bits per heavy atom. The van der Waals surface area contributed by atoms with E-state index in [1.165, 1.54) is 35.5 Å². The summed E-state index contributed by atoms with van der Waals surface area (Å²) in [6, 6.07) is 13.0. The molecular formula is C22H23N3O4S. The molecule has 0 aromatic heterocycles. The fourth-order valence-electron chi connectivity index (χ4n) is 3.07. The topological polar surface area (TPSA) is 95.6 Å². The van der Waals surface area contributed by atoms with Gasteiger partial charge < -0.3 is 10.6 Å². The third kappa shape index (κ3) is 5.47. The van der Waals surface area contributed by atoms with Gasteiger partial charge in [0, 0.05) is 36.8 Å². The van der Waals surface area contributed by atoms with Gasteiger partial charge in [-0.2, -0.15) is 4.31 Å². The van der Waals surface area contributed by atoms with Gasteiger partial charge in [-0.25, -0.2) is 8.42 Å². The van der Waals surface area contributed by atoms with Gasteiger partial charge in [-0.3, -0.25) is 9.59 Å². The molecule has 1 fully saturated rings. The molecule has 0 bridgehead atoms. The highest BCUT2D eigenvalue weighted by molar-refractivity contribution is 7.89. The van der Waals surface area contributed by atoms with Crippen molar-refractivity contribution in [1.29, 1.82) is 0 Å². The van der Waals surface area contributed by atoms with Crippen molar-refractivity contribution in [2.45, 2.75) is 24.7 Å². The van der Waals surface area contributed by atoms with Crippen molar-refractivity contribution in [1.82, 2.24) is 9.62 Å². The van der Waals surface area contributed by atoms with E-state index < -0.39 is 10.0 Å². The summed E-state index contributed by atoms with van der Waals surface area (Å²) in [7, 11) is -3.49. The average molecular weight is 426 g/mol. The number of benzene rings is 2. The molecule has 3 rings (SSSR count). The molecule has 0 spiro atoms. The van der Waals surface area contributed by atoms with Crippen LogP contribution in [0.25, 0.3) is 0 Å². The second-order valence-corrected chi connectivity index (χ2v) is 8.82. The number of carbonyl (C=O) groups excluding carboxylic acids is 2. The first kappa shape index (κ1) is 21.6. The minimum Gasteiger partial charge on any atom is -0.341 e. The second kappa shape index (κ2) is 9.57. The van der Waals surface area contributed by atoms with E-state index in [-0.39, 0.29) is 23.3 Å². The Balaban J connectivity index is 1.54. The lowest BCUT2D eigenvalue weighted by Gasteiger charge is -2.15. The van der Waals surface area contributed by atoms with E-state index in [0.717, 1.165) is 18.4 Å². The van der Waals surface area contributed by atoms with E-state index >= 15 is 0 Å². The van der Waals surface area contributed by atoms with Crippen LogP contribution in [0.15, 0.2) is 53.4 Å². The molecule has 0 radical (unpaired) electrons. The molecule has 2 aromatic rings. The Bertz CT molecular complexity index is 1080. The second-order valence-electron chi connectivity index (χ2n) is 6.88. The van der Waals surface area contributed by atoms with E-state index in [1.54, 1.807) is 24.3 Å². The highest BCUT2D eigenvalue weighted by Gasteiger charge is 2.27. The molecule has 2 N–H and O–H groups in total. The zero-order valence-corrected chi connectivity index (χ0v) is 17.5. The molecule has 2 amide bonds. The number of rotatable bonds is 5. The van der Waals surface area contributed by atoms with Gasteiger partial charge in [0.25, 0.3) is 5.91 Å². The first-order valence-electron chi connectivity index (χ1n) is 9.61. The summed E-state index contributed by atoms with van der Waals surface area (Å²) in [6.07, 6.45) is 1.75. The molecule has 1 saturated heterocycles. The quantitative estimate of drug-likeness (QED) is 0.718. The molecule has 7 nitrogen and oxygen atoms in total. The third-order valence-electron chi connectivity index (χ3n) is 4.59. The number of carbonyl (C=O) groups is 2. The maximum Gasteiger partial charge on any atom is 0.252 e. The molecule has 30 heavy (non-hydrogen) atoms. The standard InChI is InChI=1S/C22H23N3O4S/c1-17(26)24-20-10-6-18(7-11-20)5-4-14-23-22(27)19-8-12-21(13-9-19)30(28,29)25-15-2-3-16-25/h6-13H,2-3,14-16H2,1H3,(H,23,27)(H,24,26). The van der Waals surface area contributed by atoms with Crippen molar-refractivity contribution in [2.75, 3.05) is 25.0 Å². The fourth-order valence-corrected chi connectivity index (χ4v) is 4.59. The highest BCUT2D eigenvalue weighted by atomic mass is 32.2. The van der Waals surface area contributed by atoms with Crippen LogP contribution < -0.4 is 10.6 Å². The van der Waals surface area contributed by atoms with Crippen LogP contribution >= 0.6 is 0 Å². The lowest BCUT2D eigenvalue weighted by molar-refractivity contribution is -0.114. The summed E-state index contributed by atoms with van der Waals surface area (Å²) in [5, 5.41) is 5.37. The normalized spacial score (nSPS) is 13.9. The van der Waals surface area contributed by atoms with Gasteiger partial charge in [-0.1, -0.05) is 11.8 Å². The highest BCUT2D eigenvalue weighted by Crippen LogP contribution is 2.21. The Labute approximate surface area is 176 Å². The van der Waals surface area contributed by atoms with Crippen molar-refractivity contribution in [3.8, 4) is 11.8 Å². The van der Waals surface area contributed by atoms with Gasteiger partial charge in [0.05, 0.1) is 11.4 Å². The maximum absolute atomic E-state index is 12.5. The smallest absolute Gasteiger partial charge is 0.252 e. The molecule has 8 heteroatoms. The first-order chi connectivity index (χ1) is 14.4. The minimum absolute atomic E-state index is 0.141. The molecule has 156 valence electrons. The monoisotopic (exact) mass is 425 g/mol. The number of hydrogen-bond acceptors (Lipinski definition) is 4. The number of anilines is 1. The van der Waals surface area contributed by atoms with Crippen LogP contribution in [-0.4, -0.2) is 44.2 Å². The molecule has 0 saturated carbocycles. The van der Waals surface area contributed by atoms with Gasteiger partial charge in [0.15, 0.2) is 0 Å². The Morgan fingerprint density at radius 1 is 1.00 bits per heavy atom. The zero-order valence-electron chi connectivity index (χ0n) is 16.6. The summed E-state index contributed by atoms with van der Waals surface area (Å²) in [5.41, 5.74) is 1.82. The van der Waals surface area contributed by atoms with Crippen LogP contribution in [0.1, 0.15) is 35.7 Å². The molecule has 1 aliphatic rings. The molecular weight excluding hydrogens is 402 g/mol. The van der Waals surface area contributed by atoms with Gasteiger partial charge in [-0.15, -0.1) is 0 Å². The SMILES string of the molecule is CC(=O)Nc1ccc(C#CCNC(=O)c2ccc(S(=O)(=O)N3CCCC3)cc2)cc1. The van der Waals surface area contributed by atoms with Crippen molar-refractivity contribution in [3.63, 3.8) is 0 Å². The van der Waals surface area contributed by atoms with Crippen molar-refractivity contribution in [2.24, 2.45) is 0 Å². The van der Waals surface area contributed by atoms with E-state index in [1.807, 2.05) is 0 Å². The molecule has 0 aliphatic carbocycles. The van der Waals surface area contributed by atoms with Crippen LogP contribution in [-0.2, 0) is 14.8 Å². The van der Waals surface area contributed by atoms with Crippen molar-refractivity contribution in [3.05, 3.63) is 59.7 Å². The summed E-state index contributed by atoms with van der Waals surface area (Å²) in [5.74, 6) is 5.33. The summed E-state index contributed by atoms with van der Waals surface area (Å²) >= 11 is 0. The predicted molar refractivity (Wildman–Crippen MR) is 114 cm³/mol. The predicted octanol–water partition coefficient (Wildman–Crippen LogP) is 2.21. The van der Waals surface area contributed by atoms with Gasteiger partial charge in [0.1, 0.15) is 0 Å². The van der Waals surface area contributed by atoms with Crippen LogP contribution in [0.4, 0.5) is 5.69 Å². The van der Waals surface area contributed by atoms with Gasteiger partial charge in [0.2, 0.25) is 15.9 Å². The number of nitrogens with one attached hydrogen (secondary N) is 2. The number of amides is 2. The molecule has 1 heterocycles. The van der Waals surface area contributed by atoms with Gasteiger partial charge >= 0.3 is 0 Å². The average Bonchev–Trinajstić information content (AvgIpc) is 3.28. The third-order valence-corrected chi connectivity index (χ3v) is 6.51. The molecule has 0 atom stereocenters. The Hall–Kier alpha value is -3.15. The van der Waals surface area contributed by atoms with Crippen LogP contribution in [0.3, 0.4) is 0 Å². The number of nitrogens with zero attached hydrogens (tertiary/aromatic N) is 1. The Morgan fingerprint density at radius 3 is 2.23 bits per heavy atom. The maximum atomic E-state index is 12.5. The molecule has 2 aromatic carbocycles. The number of sulfonamides is 1.